The Morgan fingerprint density at radius 3 is 2.69 bits per heavy atom. The van der Waals surface area contributed by atoms with Gasteiger partial charge < -0.3 is 32.4 Å². The highest BCUT2D eigenvalue weighted by atomic mass is 19.1. The minimum atomic E-state index is -0.407. The van der Waals surface area contributed by atoms with E-state index in [2.05, 4.69) is 21.3 Å². The average molecular weight is 394 g/mol. The first-order valence-electron chi connectivity index (χ1n) is 9.07. The molecule has 150 valence electrons. The zero-order chi connectivity index (χ0) is 20.8. The fourth-order valence-corrected chi connectivity index (χ4v) is 3.23. The van der Waals surface area contributed by atoms with Gasteiger partial charge in [0, 0.05) is 54.6 Å². The Balaban J connectivity index is 1.61. The normalized spacial score (nSPS) is 16.7. The number of halogens is 1. The monoisotopic (exact) mass is 394 g/mol. The minimum absolute atomic E-state index is 0.193. The van der Waals surface area contributed by atoms with Gasteiger partial charge in [-0.1, -0.05) is 24.3 Å². The fraction of sp³-hybridized carbons (Fsp3) is 0.143. The molecule has 0 bridgehead atoms. The lowest BCUT2D eigenvalue weighted by molar-refractivity contribution is 0.251. The predicted molar refractivity (Wildman–Crippen MR) is 114 cm³/mol. The van der Waals surface area contributed by atoms with Crippen molar-refractivity contribution in [2.45, 2.75) is 6.04 Å². The Kier molecular flexibility index (Phi) is 6.13. The molecule has 1 aliphatic rings. The molecule has 0 spiro atoms. The van der Waals surface area contributed by atoms with Crippen LogP contribution in [0.5, 0.6) is 0 Å². The standard InChI is InChI=1S/C21H23FN6O/c1-25-11-14(9-23)13-5-7-15(8-6-13)27-21(29)26-12-19-20-16(18(10-24)28-19)3-2-4-17(20)22/h2-11,19,23,25,28H,12,24H2,1H3,(H2,26,27,29)/b14-11+,18-10-,23-9?. The van der Waals surface area contributed by atoms with Crippen molar-refractivity contribution in [2.24, 2.45) is 5.73 Å². The fourth-order valence-electron chi connectivity index (χ4n) is 3.23. The molecule has 1 aliphatic heterocycles. The molecule has 3 rings (SSSR count). The molecule has 0 saturated carbocycles. The Morgan fingerprint density at radius 2 is 2.03 bits per heavy atom. The highest BCUT2D eigenvalue weighted by Crippen LogP contribution is 2.33. The first-order valence-corrected chi connectivity index (χ1v) is 9.07. The average Bonchev–Trinajstić information content (AvgIpc) is 3.10. The second kappa shape index (κ2) is 8.92. The second-order valence-electron chi connectivity index (χ2n) is 6.42. The molecule has 8 heteroatoms. The van der Waals surface area contributed by atoms with Crippen molar-refractivity contribution in [1.29, 1.82) is 5.41 Å². The molecule has 0 radical (unpaired) electrons. The van der Waals surface area contributed by atoms with Crippen LogP contribution in [0.1, 0.15) is 22.7 Å². The number of hydrogen-bond donors (Lipinski definition) is 6. The summed E-state index contributed by atoms with van der Waals surface area (Å²) in [6.45, 7) is 0.193. The van der Waals surface area contributed by atoms with E-state index in [4.69, 9.17) is 11.1 Å². The summed E-state index contributed by atoms with van der Waals surface area (Å²) in [6.07, 6.45) is 4.37. The molecule has 1 atom stereocenters. The molecular weight excluding hydrogens is 371 g/mol. The summed E-state index contributed by atoms with van der Waals surface area (Å²) in [5.74, 6) is -0.341. The number of rotatable bonds is 6. The summed E-state index contributed by atoms with van der Waals surface area (Å²) in [7, 11) is 1.76. The van der Waals surface area contributed by atoms with Gasteiger partial charge in [0.2, 0.25) is 0 Å². The molecular formula is C21H23FN6O. The third kappa shape index (κ3) is 4.37. The maximum atomic E-state index is 14.2. The highest BCUT2D eigenvalue weighted by molar-refractivity contribution is 6.08. The second-order valence-corrected chi connectivity index (χ2v) is 6.42. The van der Waals surface area contributed by atoms with Crippen molar-refractivity contribution in [1.82, 2.24) is 16.0 Å². The van der Waals surface area contributed by atoms with Crippen LogP contribution in [-0.4, -0.2) is 25.8 Å². The van der Waals surface area contributed by atoms with Gasteiger partial charge in [0.25, 0.3) is 0 Å². The van der Waals surface area contributed by atoms with Crippen LogP contribution >= 0.6 is 0 Å². The van der Waals surface area contributed by atoms with Gasteiger partial charge in [-0.05, 0) is 23.8 Å². The molecule has 0 fully saturated rings. The van der Waals surface area contributed by atoms with Gasteiger partial charge in [-0.15, -0.1) is 0 Å². The molecule has 29 heavy (non-hydrogen) atoms. The van der Waals surface area contributed by atoms with Gasteiger partial charge in [0.1, 0.15) is 5.82 Å². The van der Waals surface area contributed by atoms with Gasteiger partial charge in [0.15, 0.2) is 0 Å². The van der Waals surface area contributed by atoms with E-state index in [1.807, 2.05) is 12.1 Å². The molecule has 0 saturated heterocycles. The summed E-state index contributed by atoms with van der Waals surface area (Å²) in [5, 5.41) is 18.9. The Bertz CT molecular complexity index is 968. The molecule has 2 amide bonds. The SMILES string of the molecule is CN/C=C(\C=N)c1ccc(NC(=O)NCC2N/C(=C\N)c3cccc(F)c32)cc1. The predicted octanol–water partition coefficient (Wildman–Crippen LogP) is 2.76. The minimum Gasteiger partial charge on any atom is -0.403 e. The Hall–Kier alpha value is -3.81. The molecule has 0 aliphatic carbocycles. The van der Waals surface area contributed by atoms with Gasteiger partial charge in [-0.3, -0.25) is 0 Å². The van der Waals surface area contributed by atoms with Gasteiger partial charge in [0.05, 0.1) is 11.7 Å². The number of anilines is 1. The summed E-state index contributed by atoms with van der Waals surface area (Å²) in [4.78, 5) is 12.3. The van der Waals surface area contributed by atoms with Crippen molar-refractivity contribution < 1.29 is 9.18 Å². The Labute approximate surface area is 168 Å². The number of carbonyl (C=O) groups excluding carboxylic acids is 1. The number of amides is 2. The van der Waals surface area contributed by atoms with Crippen molar-refractivity contribution in [3.05, 3.63) is 77.4 Å². The van der Waals surface area contributed by atoms with Crippen molar-refractivity contribution >= 4 is 29.2 Å². The number of carbonyl (C=O) groups is 1. The van der Waals surface area contributed by atoms with Crippen LogP contribution in [0.2, 0.25) is 0 Å². The molecule has 0 aromatic heterocycles. The number of benzene rings is 2. The van der Waals surface area contributed by atoms with Crippen LogP contribution in [0.15, 0.2) is 54.9 Å². The summed E-state index contributed by atoms with van der Waals surface area (Å²) in [6, 6.07) is 11.1. The van der Waals surface area contributed by atoms with E-state index in [1.165, 1.54) is 18.5 Å². The van der Waals surface area contributed by atoms with Crippen LogP contribution in [0.4, 0.5) is 14.9 Å². The number of nitrogens with one attached hydrogen (secondary N) is 5. The molecule has 7 N–H and O–H groups in total. The molecule has 2 aromatic rings. The molecule has 1 unspecified atom stereocenters. The summed E-state index contributed by atoms with van der Waals surface area (Å²) in [5.41, 5.74) is 9.62. The molecule has 7 nitrogen and oxygen atoms in total. The van der Waals surface area contributed by atoms with E-state index < -0.39 is 12.1 Å². The first kappa shape index (κ1) is 19.9. The zero-order valence-corrected chi connectivity index (χ0v) is 15.9. The third-order valence-corrected chi connectivity index (χ3v) is 4.59. The molecule has 2 aromatic carbocycles. The van der Waals surface area contributed by atoms with E-state index in [0.29, 0.717) is 22.5 Å². The highest BCUT2D eigenvalue weighted by Gasteiger charge is 2.28. The lowest BCUT2D eigenvalue weighted by atomic mass is 10.0. The van der Waals surface area contributed by atoms with E-state index in [-0.39, 0.29) is 12.4 Å². The molecule has 1 heterocycles. The van der Waals surface area contributed by atoms with E-state index in [1.54, 1.807) is 37.5 Å². The van der Waals surface area contributed by atoms with Crippen LogP contribution in [0.3, 0.4) is 0 Å². The van der Waals surface area contributed by atoms with Crippen LogP contribution in [-0.2, 0) is 0 Å². The lowest BCUT2D eigenvalue weighted by Gasteiger charge is -2.15. The van der Waals surface area contributed by atoms with Crippen molar-refractivity contribution in [3.8, 4) is 0 Å². The van der Waals surface area contributed by atoms with E-state index in [0.717, 1.165) is 11.1 Å². The lowest BCUT2D eigenvalue weighted by Crippen LogP contribution is -2.35. The van der Waals surface area contributed by atoms with Crippen molar-refractivity contribution in [2.75, 3.05) is 18.9 Å². The third-order valence-electron chi connectivity index (χ3n) is 4.59. The van der Waals surface area contributed by atoms with Crippen molar-refractivity contribution in [3.63, 3.8) is 0 Å². The summed E-state index contributed by atoms with van der Waals surface area (Å²) < 4.78 is 14.2. The van der Waals surface area contributed by atoms with E-state index >= 15 is 0 Å². The topological polar surface area (TPSA) is 115 Å². The van der Waals surface area contributed by atoms with Crippen LogP contribution < -0.4 is 27.0 Å². The maximum absolute atomic E-state index is 14.2. The smallest absolute Gasteiger partial charge is 0.319 e. The first-order chi connectivity index (χ1) is 14.1. The maximum Gasteiger partial charge on any atom is 0.319 e. The van der Waals surface area contributed by atoms with E-state index in [9.17, 15) is 9.18 Å². The largest absolute Gasteiger partial charge is 0.403 e. The zero-order valence-electron chi connectivity index (χ0n) is 15.9. The Morgan fingerprint density at radius 1 is 1.28 bits per heavy atom. The summed E-state index contributed by atoms with van der Waals surface area (Å²) >= 11 is 0. The number of nitrogens with two attached hydrogens (primary N) is 1. The van der Waals surface area contributed by atoms with Gasteiger partial charge in [-0.25, -0.2) is 9.18 Å². The number of allylic oxidation sites excluding steroid dienone is 1. The van der Waals surface area contributed by atoms with Gasteiger partial charge >= 0.3 is 6.03 Å². The number of urea groups is 1. The van der Waals surface area contributed by atoms with Crippen LogP contribution in [0.25, 0.3) is 11.3 Å². The quantitative estimate of drug-likeness (QED) is 0.423. The van der Waals surface area contributed by atoms with Gasteiger partial charge in [-0.2, -0.15) is 0 Å². The number of hydrogen-bond acceptors (Lipinski definition) is 5. The van der Waals surface area contributed by atoms with Crippen LogP contribution in [0, 0.1) is 11.2 Å². The number of fused-ring (bicyclic) bond motifs is 1.